The molecule has 1 aromatic carbocycles. The van der Waals surface area contributed by atoms with Crippen LogP contribution < -0.4 is 10.5 Å². The van der Waals surface area contributed by atoms with E-state index in [0.29, 0.717) is 30.4 Å². The molecular formula is C18H25ClN4O4S. The second-order valence-electron chi connectivity index (χ2n) is 7.08. The molecule has 0 bridgehead atoms. The number of rotatable bonds is 4. The maximum atomic E-state index is 11.3. The van der Waals surface area contributed by atoms with Crippen LogP contribution in [0.25, 0.3) is 0 Å². The number of hydrogen-bond donors (Lipinski definition) is 1. The van der Waals surface area contributed by atoms with Gasteiger partial charge < -0.3 is 20.1 Å². The van der Waals surface area contributed by atoms with Gasteiger partial charge in [-0.2, -0.15) is 0 Å². The van der Waals surface area contributed by atoms with Crippen molar-refractivity contribution in [3.8, 4) is 5.75 Å². The van der Waals surface area contributed by atoms with Gasteiger partial charge in [-0.05, 0) is 31.0 Å². The Kier molecular flexibility index (Phi) is 6.47. The summed E-state index contributed by atoms with van der Waals surface area (Å²) in [6.07, 6.45) is 2.68. The lowest BCUT2D eigenvalue weighted by atomic mass is 10.0. The molecule has 2 aliphatic rings. The number of amidine groups is 1. The Hall–Kier alpha value is -1.84. The molecule has 0 aromatic heterocycles. The zero-order chi connectivity index (χ0) is 20.3. The molecule has 2 heterocycles. The van der Waals surface area contributed by atoms with Crippen molar-refractivity contribution in [1.82, 2.24) is 4.90 Å². The number of nitrogens with zero attached hydrogens (tertiary/aromatic N) is 3. The van der Waals surface area contributed by atoms with E-state index >= 15 is 0 Å². The number of halogens is 1. The smallest absolute Gasteiger partial charge is 0.217 e. The van der Waals surface area contributed by atoms with Gasteiger partial charge in [-0.3, -0.25) is 0 Å². The van der Waals surface area contributed by atoms with Gasteiger partial charge in [-0.15, -0.1) is 0 Å². The minimum Gasteiger partial charge on any atom is -0.478 e. The number of ether oxygens (including phenoxy) is 2. The number of benzene rings is 1. The first-order chi connectivity index (χ1) is 13.2. The molecular weight excluding hydrogens is 404 g/mol. The first kappa shape index (κ1) is 20.9. The zero-order valence-electron chi connectivity index (χ0n) is 16.0. The SMILES string of the molecule is CC1CC(N2CCCOC[C@@H]2c2ccc(OCS(C)(=O)=O)cc2Cl)=NC(N)=N1. The molecule has 154 valence electrons. The van der Waals surface area contributed by atoms with E-state index in [2.05, 4.69) is 14.9 Å². The molecule has 0 aliphatic carbocycles. The highest BCUT2D eigenvalue weighted by Gasteiger charge is 2.30. The van der Waals surface area contributed by atoms with Crippen LogP contribution in [0.15, 0.2) is 28.2 Å². The van der Waals surface area contributed by atoms with Gasteiger partial charge in [0.05, 0.1) is 18.7 Å². The standard InChI is InChI=1S/C18H25ClN4O4S/c1-12-8-17(22-18(20)21-12)23-6-3-7-26-10-16(23)14-5-4-13(9-15(14)19)27-11-28(2,24)25/h4-5,9,12,16H,3,6-8,10-11H2,1-2H3,(H2,20,21)/t12?,16-/m1/s1. The third-order valence-electron chi connectivity index (χ3n) is 4.52. The van der Waals surface area contributed by atoms with Gasteiger partial charge in [0.1, 0.15) is 11.6 Å². The van der Waals surface area contributed by atoms with E-state index < -0.39 is 15.8 Å². The van der Waals surface area contributed by atoms with Crippen LogP contribution in [0.3, 0.4) is 0 Å². The van der Waals surface area contributed by atoms with E-state index in [0.717, 1.165) is 30.6 Å². The Labute approximate surface area is 170 Å². The van der Waals surface area contributed by atoms with Crippen LogP contribution >= 0.6 is 11.6 Å². The van der Waals surface area contributed by atoms with Crippen LogP contribution in [-0.4, -0.2) is 63.1 Å². The van der Waals surface area contributed by atoms with E-state index in [1.807, 2.05) is 13.0 Å². The molecule has 0 spiro atoms. The Bertz CT molecular complexity index is 888. The molecule has 28 heavy (non-hydrogen) atoms. The summed E-state index contributed by atoms with van der Waals surface area (Å²) >= 11 is 6.53. The van der Waals surface area contributed by atoms with E-state index in [1.165, 1.54) is 0 Å². The third-order valence-corrected chi connectivity index (χ3v) is 5.39. The minimum absolute atomic E-state index is 0.0690. The van der Waals surface area contributed by atoms with Gasteiger partial charge in [0.2, 0.25) is 5.96 Å². The Morgan fingerprint density at radius 1 is 1.43 bits per heavy atom. The summed E-state index contributed by atoms with van der Waals surface area (Å²) in [5.41, 5.74) is 6.74. The van der Waals surface area contributed by atoms with Crippen molar-refractivity contribution in [3.05, 3.63) is 28.8 Å². The van der Waals surface area contributed by atoms with Gasteiger partial charge in [0, 0.05) is 30.9 Å². The lowest BCUT2D eigenvalue weighted by Crippen LogP contribution is -2.40. The highest BCUT2D eigenvalue weighted by Crippen LogP contribution is 2.33. The third kappa shape index (κ3) is 5.36. The molecule has 0 saturated carbocycles. The van der Waals surface area contributed by atoms with E-state index in [-0.39, 0.29) is 18.0 Å². The van der Waals surface area contributed by atoms with E-state index in [9.17, 15) is 8.42 Å². The van der Waals surface area contributed by atoms with E-state index in [1.54, 1.807) is 12.1 Å². The molecule has 3 rings (SSSR count). The summed E-state index contributed by atoms with van der Waals surface area (Å²) < 4.78 is 33.7. The molecule has 0 amide bonds. The molecule has 1 saturated heterocycles. The van der Waals surface area contributed by atoms with Crippen LogP contribution in [0, 0.1) is 0 Å². The quantitative estimate of drug-likeness (QED) is 0.785. The highest BCUT2D eigenvalue weighted by molar-refractivity contribution is 7.90. The van der Waals surface area contributed by atoms with Crippen molar-refractivity contribution >= 4 is 33.2 Å². The summed E-state index contributed by atoms with van der Waals surface area (Å²) in [5.74, 6) is 1.17. The zero-order valence-corrected chi connectivity index (χ0v) is 17.5. The predicted octanol–water partition coefficient (Wildman–Crippen LogP) is 1.99. The fraction of sp³-hybridized carbons (Fsp3) is 0.556. The van der Waals surface area contributed by atoms with Gasteiger partial charge in [0.15, 0.2) is 15.8 Å². The molecule has 10 heteroatoms. The molecule has 1 aromatic rings. The van der Waals surface area contributed by atoms with Crippen molar-refractivity contribution in [1.29, 1.82) is 0 Å². The summed E-state index contributed by atoms with van der Waals surface area (Å²) in [6, 6.07) is 5.13. The topological polar surface area (TPSA) is 107 Å². The molecule has 0 radical (unpaired) electrons. The van der Waals surface area contributed by atoms with Crippen LogP contribution in [0.1, 0.15) is 31.4 Å². The van der Waals surface area contributed by atoms with E-state index in [4.69, 9.17) is 26.8 Å². The minimum atomic E-state index is -3.24. The summed E-state index contributed by atoms with van der Waals surface area (Å²) in [5, 5.41) is 0.484. The Balaban J connectivity index is 1.87. The van der Waals surface area contributed by atoms with Crippen molar-refractivity contribution in [2.45, 2.75) is 31.8 Å². The fourth-order valence-corrected chi connectivity index (χ4v) is 3.96. The van der Waals surface area contributed by atoms with Gasteiger partial charge >= 0.3 is 0 Å². The van der Waals surface area contributed by atoms with Crippen LogP contribution in [0.5, 0.6) is 5.75 Å². The highest BCUT2D eigenvalue weighted by atomic mass is 35.5. The maximum absolute atomic E-state index is 11.3. The Morgan fingerprint density at radius 3 is 2.89 bits per heavy atom. The normalized spacial score (nSPS) is 23.6. The van der Waals surface area contributed by atoms with Gasteiger partial charge in [-0.25, -0.2) is 18.4 Å². The van der Waals surface area contributed by atoms with Crippen molar-refractivity contribution in [3.63, 3.8) is 0 Å². The van der Waals surface area contributed by atoms with Gasteiger partial charge in [-0.1, -0.05) is 17.7 Å². The summed E-state index contributed by atoms with van der Waals surface area (Å²) in [4.78, 5) is 10.9. The number of nitrogens with two attached hydrogens (primary N) is 1. The monoisotopic (exact) mass is 428 g/mol. The largest absolute Gasteiger partial charge is 0.478 e. The maximum Gasteiger partial charge on any atom is 0.217 e. The molecule has 2 N–H and O–H groups in total. The lowest BCUT2D eigenvalue weighted by molar-refractivity contribution is 0.118. The summed E-state index contributed by atoms with van der Waals surface area (Å²) in [7, 11) is -3.24. The average molecular weight is 429 g/mol. The van der Waals surface area contributed by atoms with Crippen LogP contribution in [0.2, 0.25) is 5.02 Å². The molecule has 1 unspecified atom stereocenters. The Morgan fingerprint density at radius 2 is 2.21 bits per heavy atom. The number of hydrogen-bond acceptors (Lipinski definition) is 8. The first-order valence-electron chi connectivity index (χ1n) is 9.08. The number of aliphatic imine (C=N–C) groups is 2. The fourth-order valence-electron chi connectivity index (χ4n) is 3.31. The lowest BCUT2D eigenvalue weighted by Gasteiger charge is -2.34. The summed E-state index contributed by atoms with van der Waals surface area (Å²) in [6.45, 7) is 3.90. The second-order valence-corrected chi connectivity index (χ2v) is 9.57. The van der Waals surface area contributed by atoms with Crippen molar-refractivity contribution in [2.75, 3.05) is 32.0 Å². The van der Waals surface area contributed by atoms with Crippen molar-refractivity contribution in [2.24, 2.45) is 15.7 Å². The van der Waals surface area contributed by atoms with Crippen LogP contribution in [0.4, 0.5) is 0 Å². The number of sulfone groups is 1. The first-order valence-corrected chi connectivity index (χ1v) is 11.5. The molecule has 1 fully saturated rings. The van der Waals surface area contributed by atoms with Crippen molar-refractivity contribution < 1.29 is 17.9 Å². The van der Waals surface area contributed by atoms with Gasteiger partial charge in [0.25, 0.3) is 0 Å². The number of guanidine groups is 1. The second kappa shape index (κ2) is 8.67. The van der Waals surface area contributed by atoms with Crippen LogP contribution in [-0.2, 0) is 14.6 Å². The molecule has 2 aliphatic heterocycles. The molecule has 2 atom stereocenters. The average Bonchev–Trinajstić information content (AvgIpc) is 2.84. The predicted molar refractivity (Wildman–Crippen MR) is 110 cm³/mol. The molecule has 8 nitrogen and oxygen atoms in total.